The Kier molecular flexibility index (Phi) is 4.15. The fourth-order valence-corrected chi connectivity index (χ4v) is 1.82. The van der Waals surface area contributed by atoms with Gasteiger partial charge in [0.25, 0.3) is 0 Å². The first-order valence-electron chi connectivity index (χ1n) is 4.66. The predicted molar refractivity (Wildman–Crippen MR) is 57.4 cm³/mol. The molecule has 5 nitrogen and oxygen atoms in total. The topological polar surface area (TPSA) is 89.3 Å². The Hall–Kier alpha value is -1.68. The SMILES string of the molecule is NS(=O)(=O)c1ccccc1NC(=O)C(F)(F)C(F)F. The van der Waals surface area contributed by atoms with Gasteiger partial charge in [0.05, 0.1) is 5.69 Å². The van der Waals surface area contributed by atoms with Crippen LogP contribution >= 0.6 is 0 Å². The lowest BCUT2D eigenvalue weighted by molar-refractivity contribution is -0.163. The van der Waals surface area contributed by atoms with Gasteiger partial charge in [-0.3, -0.25) is 4.79 Å². The summed E-state index contributed by atoms with van der Waals surface area (Å²) in [5.41, 5.74) is -0.602. The summed E-state index contributed by atoms with van der Waals surface area (Å²) in [6.45, 7) is 0. The summed E-state index contributed by atoms with van der Waals surface area (Å²) in [6.07, 6.45) is -4.21. The normalized spacial score (nSPS) is 12.5. The highest BCUT2D eigenvalue weighted by molar-refractivity contribution is 7.89. The molecule has 19 heavy (non-hydrogen) atoms. The van der Waals surface area contributed by atoms with E-state index in [0.29, 0.717) is 0 Å². The largest absolute Gasteiger partial charge is 0.383 e. The summed E-state index contributed by atoms with van der Waals surface area (Å²) < 4.78 is 71.5. The molecule has 0 saturated carbocycles. The van der Waals surface area contributed by atoms with Crippen LogP contribution in [-0.4, -0.2) is 26.7 Å². The first-order chi connectivity index (χ1) is 8.56. The van der Waals surface area contributed by atoms with Crippen molar-refractivity contribution in [2.24, 2.45) is 5.14 Å². The number of sulfonamides is 1. The minimum atomic E-state index is -4.94. The Morgan fingerprint density at radius 1 is 1.26 bits per heavy atom. The molecule has 1 amide bonds. The van der Waals surface area contributed by atoms with Crippen LogP contribution in [0.5, 0.6) is 0 Å². The quantitative estimate of drug-likeness (QED) is 0.818. The van der Waals surface area contributed by atoms with Crippen LogP contribution in [0.1, 0.15) is 0 Å². The number of anilines is 1. The number of halogens is 4. The molecule has 0 saturated heterocycles. The van der Waals surface area contributed by atoms with Crippen molar-refractivity contribution in [1.82, 2.24) is 0 Å². The molecule has 0 atom stereocenters. The van der Waals surface area contributed by atoms with Crippen LogP contribution in [-0.2, 0) is 14.8 Å². The van der Waals surface area contributed by atoms with Gasteiger partial charge in [0.1, 0.15) is 4.90 Å². The third-order valence-corrected chi connectivity index (χ3v) is 2.99. The van der Waals surface area contributed by atoms with Gasteiger partial charge in [0.15, 0.2) is 0 Å². The molecule has 0 radical (unpaired) electrons. The van der Waals surface area contributed by atoms with E-state index in [0.717, 1.165) is 12.1 Å². The molecule has 0 aliphatic carbocycles. The van der Waals surface area contributed by atoms with Crippen molar-refractivity contribution in [2.45, 2.75) is 17.2 Å². The number of nitrogens with one attached hydrogen (secondary N) is 1. The lowest BCUT2D eigenvalue weighted by atomic mass is 10.2. The van der Waals surface area contributed by atoms with Crippen LogP contribution in [0.15, 0.2) is 29.2 Å². The number of para-hydroxylation sites is 1. The van der Waals surface area contributed by atoms with Crippen molar-refractivity contribution in [3.05, 3.63) is 24.3 Å². The van der Waals surface area contributed by atoms with Crippen LogP contribution in [0.25, 0.3) is 0 Å². The summed E-state index contributed by atoms with van der Waals surface area (Å²) in [6, 6.07) is 4.32. The minimum absolute atomic E-state index is 0.602. The molecule has 0 fully saturated rings. The standard InChI is InChI=1S/C9H8F4N2O3S/c10-7(11)9(12,13)8(16)15-5-3-1-2-4-6(5)19(14,17)18/h1-4,7H,(H,15,16)(H2,14,17,18). The van der Waals surface area contributed by atoms with Crippen molar-refractivity contribution < 1.29 is 30.8 Å². The number of benzene rings is 1. The van der Waals surface area contributed by atoms with Gasteiger partial charge < -0.3 is 5.32 Å². The number of amides is 1. The highest BCUT2D eigenvalue weighted by Crippen LogP contribution is 2.26. The molecule has 0 bridgehead atoms. The van der Waals surface area contributed by atoms with E-state index < -0.39 is 38.9 Å². The zero-order chi connectivity index (χ0) is 14.8. The minimum Gasteiger partial charge on any atom is -0.319 e. The summed E-state index contributed by atoms with van der Waals surface area (Å²) in [5.74, 6) is -7.26. The number of hydrogen-bond acceptors (Lipinski definition) is 3. The first kappa shape index (κ1) is 15.4. The molecule has 0 unspecified atom stereocenters. The maximum absolute atomic E-state index is 12.7. The zero-order valence-electron chi connectivity index (χ0n) is 9.11. The smallest absolute Gasteiger partial charge is 0.319 e. The van der Waals surface area contributed by atoms with Crippen molar-refractivity contribution in [1.29, 1.82) is 0 Å². The molecule has 1 aromatic rings. The second kappa shape index (κ2) is 5.13. The van der Waals surface area contributed by atoms with E-state index in [2.05, 4.69) is 0 Å². The second-order valence-electron chi connectivity index (χ2n) is 3.42. The van der Waals surface area contributed by atoms with E-state index in [9.17, 15) is 30.8 Å². The molecule has 106 valence electrons. The highest BCUT2D eigenvalue weighted by Gasteiger charge is 2.49. The molecule has 0 aliphatic rings. The number of carbonyl (C=O) groups excluding carboxylic acids is 1. The van der Waals surface area contributed by atoms with E-state index in [1.807, 2.05) is 0 Å². The number of rotatable bonds is 4. The second-order valence-corrected chi connectivity index (χ2v) is 4.95. The molecule has 0 aromatic heterocycles. The van der Waals surface area contributed by atoms with Crippen LogP contribution < -0.4 is 10.5 Å². The van der Waals surface area contributed by atoms with Crippen LogP contribution in [0.4, 0.5) is 23.2 Å². The molecule has 3 N–H and O–H groups in total. The summed E-state index contributed by atoms with van der Waals surface area (Å²) >= 11 is 0. The number of alkyl halides is 4. The lowest BCUT2D eigenvalue weighted by Gasteiger charge is -2.16. The van der Waals surface area contributed by atoms with Gasteiger partial charge in [-0.25, -0.2) is 22.3 Å². The Morgan fingerprint density at radius 2 is 1.79 bits per heavy atom. The molecule has 0 aliphatic heterocycles. The molecular formula is C9H8F4N2O3S. The van der Waals surface area contributed by atoms with Crippen molar-refractivity contribution >= 4 is 21.6 Å². The molecule has 0 heterocycles. The van der Waals surface area contributed by atoms with E-state index in [4.69, 9.17) is 5.14 Å². The van der Waals surface area contributed by atoms with Crippen molar-refractivity contribution in [3.8, 4) is 0 Å². The van der Waals surface area contributed by atoms with Gasteiger partial charge in [-0.05, 0) is 12.1 Å². The van der Waals surface area contributed by atoms with Crippen LogP contribution in [0.2, 0.25) is 0 Å². The maximum atomic E-state index is 12.7. The fraction of sp³-hybridized carbons (Fsp3) is 0.222. The molecule has 1 aromatic carbocycles. The van der Waals surface area contributed by atoms with Gasteiger partial charge in [0.2, 0.25) is 10.0 Å². The van der Waals surface area contributed by atoms with Gasteiger partial charge in [-0.2, -0.15) is 8.78 Å². The Labute approximate surface area is 105 Å². The average molecular weight is 300 g/mol. The summed E-state index contributed by atoms with van der Waals surface area (Å²) in [7, 11) is -4.29. The highest BCUT2D eigenvalue weighted by atomic mass is 32.2. The van der Waals surface area contributed by atoms with E-state index >= 15 is 0 Å². The van der Waals surface area contributed by atoms with E-state index in [1.54, 1.807) is 0 Å². The van der Waals surface area contributed by atoms with E-state index in [1.165, 1.54) is 17.4 Å². The first-order valence-corrected chi connectivity index (χ1v) is 6.20. The number of hydrogen-bond donors (Lipinski definition) is 2. The lowest BCUT2D eigenvalue weighted by Crippen LogP contribution is -2.41. The third kappa shape index (κ3) is 3.41. The van der Waals surface area contributed by atoms with Gasteiger partial charge in [-0.1, -0.05) is 12.1 Å². The summed E-state index contributed by atoms with van der Waals surface area (Å²) in [5, 5.41) is 6.20. The molecular weight excluding hydrogens is 292 g/mol. The number of carbonyl (C=O) groups is 1. The van der Waals surface area contributed by atoms with Crippen molar-refractivity contribution in [3.63, 3.8) is 0 Å². The molecule has 10 heteroatoms. The number of nitrogens with two attached hydrogens (primary N) is 1. The average Bonchev–Trinajstić information content (AvgIpc) is 2.27. The summed E-state index contributed by atoms with van der Waals surface area (Å²) in [4.78, 5) is 10.3. The van der Waals surface area contributed by atoms with E-state index in [-0.39, 0.29) is 0 Å². The molecule has 0 spiro atoms. The molecule has 1 rings (SSSR count). The van der Waals surface area contributed by atoms with Crippen molar-refractivity contribution in [2.75, 3.05) is 5.32 Å². The number of primary sulfonamides is 1. The van der Waals surface area contributed by atoms with Crippen LogP contribution in [0.3, 0.4) is 0 Å². The third-order valence-electron chi connectivity index (χ3n) is 2.02. The predicted octanol–water partition coefficient (Wildman–Crippen LogP) is 1.17. The fourth-order valence-electron chi connectivity index (χ4n) is 1.12. The van der Waals surface area contributed by atoms with Gasteiger partial charge in [-0.15, -0.1) is 0 Å². The van der Waals surface area contributed by atoms with Gasteiger partial charge in [0, 0.05) is 0 Å². The van der Waals surface area contributed by atoms with Crippen LogP contribution in [0, 0.1) is 0 Å². The Balaban J connectivity index is 3.12. The maximum Gasteiger partial charge on any atom is 0.383 e. The Morgan fingerprint density at radius 3 is 2.26 bits per heavy atom. The Bertz CT molecular complexity index is 589. The monoisotopic (exact) mass is 300 g/mol. The zero-order valence-corrected chi connectivity index (χ0v) is 9.93. The van der Waals surface area contributed by atoms with Gasteiger partial charge >= 0.3 is 18.3 Å².